The van der Waals surface area contributed by atoms with Crippen LogP contribution in [-0.4, -0.2) is 5.78 Å². The van der Waals surface area contributed by atoms with Crippen LogP contribution in [0, 0.1) is 0 Å². The standard InChI is InChI=1S/C20H15ClO/c21-20-8-4-3-6-17(20)11-12-19(22)14-15-9-10-16-5-1-2-7-18(16)13-15/h1-13H,14H2. The van der Waals surface area contributed by atoms with Gasteiger partial charge in [-0.25, -0.2) is 0 Å². The third-order valence-electron chi connectivity index (χ3n) is 3.55. The van der Waals surface area contributed by atoms with Crippen molar-refractivity contribution in [2.75, 3.05) is 0 Å². The second kappa shape index (κ2) is 6.59. The van der Waals surface area contributed by atoms with Gasteiger partial charge in [-0.2, -0.15) is 0 Å². The van der Waals surface area contributed by atoms with Gasteiger partial charge in [0.2, 0.25) is 0 Å². The summed E-state index contributed by atoms with van der Waals surface area (Å²) in [4.78, 5) is 12.1. The van der Waals surface area contributed by atoms with Crippen molar-refractivity contribution in [2.24, 2.45) is 0 Å². The zero-order chi connectivity index (χ0) is 15.4. The Hall–Kier alpha value is -2.38. The zero-order valence-corrected chi connectivity index (χ0v) is 12.8. The first-order chi connectivity index (χ1) is 10.7. The molecule has 0 spiro atoms. The van der Waals surface area contributed by atoms with Gasteiger partial charge < -0.3 is 0 Å². The van der Waals surface area contributed by atoms with Crippen molar-refractivity contribution in [3.8, 4) is 0 Å². The first-order valence-electron chi connectivity index (χ1n) is 7.15. The SMILES string of the molecule is O=C(C=Cc1ccccc1Cl)Cc1ccc2ccccc2c1. The fraction of sp³-hybridized carbons (Fsp3) is 0.0500. The van der Waals surface area contributed by atoms with Crippen LogP contribution in [0.2, 0.25) is 5.02 Å². The molecule has 3 rings (SSSR count). The molecule has 0 heterocycles. The Kier molecular flexibility index (Phi) is 4.36. The highest BCUT2D eigenvalue weighted by Gasteiger charge is 2.02. The van der Waals surface area contributed by atoms with Gasteiger partial charge in [-0.1, -0.05) is 72.3 Å². The third-order valence-corrected chi connectivity index (χ3v) is 3.89. The van der Waals surface area contributed by atoms with E-state index >= 15 is 0 Å². The summed E-state index contributed by atoms with van der Waals surface area (Å²) in [5.41, 5.74) is 1.88. The van der Waals surface area contributed by atoms with Crippen LogP contribution in [0.15, 0.2) is 72.8 Å². The molecule has 3 aromatic rings. The van der Waals surface area contributed by atoms with Crippen molar-refractivity contribution in [3.05, 3.63) is 89.0 Å². The van der Waals surface area contributed by atoms with E-state index in [0.29, 0.717) is 11.4 Å². The number of allylic oxidation sites excluding steroid dienone is 1. The van der Waals surface area contributed by atoms with Crippen LogP contribution in [0.4, 0.5) is 0 Å². The number of halogens is 1. The van der Waals surface area contributed by atoms with Crippen LogP contribution in [-0.2, 0) is 11.2 Å². The highest BCUT2D eigenvalue weighted by atomic mass is 35.5. The second-order valence-electron chi connectivity index (χ2n) is 5.18. The predicted molar refractivity (Wildman–Crippen MR) is 93.1 cm³/mol. The molecular weight excluding hydrogens is 292 g/mol. The van der Waals surface area contributed by atoms with E-state index in [1.165, 1.54) is 5.39 Å². The van der Waals surface area contributed by atoms with Gasteiger partial charge in [0.25, 0.3) is 0 Å². The van der Waals surface area contributed by atoms with Crippen LogP contribution in [0.25, 0.3) is 16.8 Å². The summed E-state index contributed by atoms with van der Waals surface area (Å²) in [5.74, 6) is 0.0650. The van der Waals surface area contributed by atoms with Crippen LogP contribution >= 0.6 is 11.6 Å². The van der Waals surface area contributed by atoms with E-state index in [1.54, 1.807) is 12.2 Å². The number of fused-ring (bicyclic) bond motifs is 1. The fourth-order valence-corrected chi connectivity index (χ4v) is 2.60. The minimum absolute atomic E-state index is 0.0650. The summed E-state index contributed by atoms with van der Waals surface area (Å²) in [5, 5.41) is 2.99. The number of hydrogen-bond acceptors (Lipinski definition) is 1. The maximum absolute atomic E-state index is 12.1. The molecule has 0 radical (unpaired) electrons. The van der Waals surface area contributed by atoms with E-state index < -0.39 is 0 Å². The molecule has 0 aliphatic heterocycles. The van der Waals surface area contributed by atoms with E-state index in [-0.39, 0.29) is 5.78 Å². The Morgan fingerprint density at radius 1 is 0.909 bits per heavy atom. The van der Waals surface area contributed by atoms with Gasteiger partial charge >= 0.3 is 0 Å². The molecule has 0 atom stereocenters. The molecule has 3 aromatic carbocycles. The number of benzene rings is 3. The lowest BCUT2D eigenvalue weighted by Gasteiger charge is -2.02. The topological polar surface area (TPSA) is 17.1 Å². The Labute approximate surface area is 134 Å². The average molecular weight is 307 g/mol. The molecule has 0 fully saturated rings. The van der Waals surface area contributed by atoms with Gasteiger partial charge in [-0.05, 0) is 40.1 Å². The van der Waals surface area contributed by atoms with Gasteiger partial charge in [0.15, 0.2) is 5.78 Å². The van der Waals surface area contributed by atoms with Crippen molar-refractivity contribution in [1.29, 1.82) is 0 Å². The highest BCUT2D eigenvalue weighted by Crippen LogP contribution is 2.18. The lowest BCUT2D eigenvalue weighted by molar-refractivity contribution is -0.113. The number of hydrogen-bond donors (Lipinski definition) is 0. The normalized spacial score (nSPS) is 11.1. The molecule has 0 amide bonds. The van der Waals surface area contributed by atoms with Crippen LogP contribution in [0.5, 0.6) is 0 Å². The third kappa shape index (κ3) is 3.44. The van der Waals surface area contributed by atoms with E-state index in [1.807, 2.05) is 42.5 Å². The average Bonchev–Trinajstić information content (AvgIpc) is 2.54. The molecular formula is C20H15ClO. The summed E-state index contributed by atoms with van der Waals surface area (Å²) in [6, 6.07) is 21.7. The maximum atomic E-state index is 12.1. The lowest BCUT2D eigenvalue weighted by atomic mass is 10.0. The van der Waals surface area contributed by atoms with E-state index in [0.717, 1.165) is 16.5 Å². The molecule has 0 aliphatic rings. The monoisotopic (exact) mass is 306 g/mol. The summed E-state index contributed by atoms with van der Waals surface area (Å²) in [7, 11) is 0. The van der Waals surface area contributed by atoms with Crippen LogP contribution < -0.4 is 0 Å². The van der Waals surface area contributed by atoms with Crippen LogP contribution in [0.1, 0.15) is 11.1 Å². The summed E-state index contributed by atoms with van der Waals surface area (Å²) >= 11 is 6.07. The Morgan fingerprint density at radius 2 is 1.64 bits per heavy atom. The smallest absolute Gasteiger partial charge is 0.160 e. The van der Waals surface area contributed by atoms with Crippen molar-refractivity contribution in [1.82, 2.24) is 0 Å². The summed E-state index contributed by atoms with van der Waals surface area (Å²) in [6.45, 7) is 0. The molecule has 0 N–H and O–H groups in total. The van der Waals surface area contributed by atoms with Crippen molar-refractivity contribution in [3.63, 3.8) is 0 Å². The number of carbonyl (C=O) groups is 1. The van der Waals surface area contributed by atoms with Crippen molar-refractivity contribution < 1.29 is 4.79 Å². The Balaban J connectivity index is 1.74. The Morgan fingerprint density at radius 3 is 2.45 bits per heavy atom. The lowest BCUT2D eigenvalue weighted by Crippen LogP contribution is -1.98. The molecule has 0 aromatic heterocycles. The number of ketones is 1. The van der Waals surface area contributed by atoms with E-state index in [9.17, 15) is 4.79 Å². The van der Waals surface area contributed by atoms with E-state index in [4.69, 9.17) is 11.6 Å². The van der Waals surface area contributed by atoms with Gasteiger partial charge in [-0.3, -0.25) is 4.79 Å². The largest absolute Gasteiger partial charge is 0.294 e. The number of carbonyl (C=O) groups excluding carboxylic acids is 1. The molecule has 0 bridgehead atoms. The zero-order valence-electron chi connectivity index (χ0n) is 12.0. The molecule has 0 saturated carbocycles. The van der Waals surface area contributed by atoms with Crippen LogP contribution in [0.3, 0.4) is 0 Å². The first-order valence-corrected chi connectivity index (χ1v) is 7.53. The quantitative estimate of drug-likeness (QED) is 0.596. The van der Waals surface area contributed by atoms with Gasteiger partial charge in [0, 0.05) is 11.4 Å². The van der Waals surface area contributed by atoms with Gasteiger partial charge in [-0.15, -0.1) is 0 Å². The molecule has 0 saturated heterocycles. The van der Waals surface area contributed by atoms with Crippen molar-refractivity contribution in [2.45, 2.75) is 6.42 Å². The maximum Gasteiger partial charge on any atom is 0.160 e. The molecule has 2 heteroatoms. The number of rotatable bonds is 4. The summed E-state index contributed by atoms with van der Waals surface area (Å²) in [6.07, 6.45) is 3.76. The predicted octanol–water partition coefficient (Wildman–Crippen LogP) is 5.32. The molecule has 1 nitrogen and oxygen atoms in total. The molecule has 0 unspecified atom stereocenters. The second-order valence-corrected chi connectivity index (χ2v) is 5.59. The molecule has 22 heavy (non-hydrogen) atoms. The highest BCUT2D eigenvalue weighted by molar-refractivity contribution is 6.32. The van der Waals surface area contributed by atoms with Gasteiger partial charge in [0.1, 0.15) is 0 Å². The summed E-state index contributed by atoms with van der Waals surface area (Å²) < 4.78 is 0. The minimum Gasteiger partial charge on any atom is -0.294 e. The fourth-order valence-electron chi connectivity index (χ4n) is 2.40. The first kappa shape index (κ1) is 14.6. The van der Waals surface area contributed by atoms with Crippen molar-refractivity contribution >= 4 is 34.2 Å². The minimum atomic E-state index is 0.0650. The molecule has 0 aliphatic carbocycles. The van der Waals surface area contributed by atoms with Gasteiger partial charge in [0.05, 0.1) is 0 Å². The van der Waals surface area contributed by atoms with E-state index in [2.05, 4.69) is 24.3 Å². The molecule has 108 valence electrons. The Bertz CT molecular complexity index is 849.